The van der Waals surface area contributed by atoms with Gasteiger partial charge in [-0.25, -0.2) is 0 Å². The van der Waals surface area contributed by atoms with Crippen LogP contribution in [0.5, 0.6) is 0 Å². The Labute approximate surface area is 180 Å². The highest BCUT2D eigenvalue weighted by molar-refractivity contribution is 7.99. The van der Waals surface area contributed by atoms with Gasteiger partial charge in [0.2, 0.25) is 5.91 Å². The maximum atomic E-state index is 12.6. The highest BCUT2D eigenvalue weighted by Crippen LogP contribution is 2.31. The summed E-state index contributed by atoms with van der Waals surface area (Å²) in [6.45, 7) is 9.10. The topological polar surface area (TPSA) is 59.8 Å². The molecule has 0 atom stereocenters. The van der Waals surface area contributed by atoms with Crippen LogP contribution in [0, 0.1) is 0 Å². The minimum atomic E-state index is -0.0725. The van der Waals surface area contributed by atoms with E-state index in [0.29, 0.717) is 22.5 Å². The van der Waals surface area contributed by atoms with Crippen LogP contribution in [0.4, 0.5) is 5.69 Å². The molecule has 7 heteroatoms. The number of nitrogens with one attached hydrogen (secondary N) is 1. The fourth-order valence-electron chi connectivity index (χ4n) is 3.08. The molecule has 1 heterocycles. The molecule has 0 spiro atoms. The molecule has 0 aliphatic rings. The molecule has 0 saturated carbocycles. The molecule has 0 saturated heterocycles. The van der Waals surface area contributed by atoms with Crippen LogP contribution in [0.1, 0.15) is 33.3 Å². The molecule has 1 amide bonds. The Hall–Kier alpha value is -2.31. The molecule has 0 aliphatic carbocycles. The van der Waals surface area contributed by atoms with Crippen molar-refractivity contribution < 1.29 is 4.79 Å². The SMILES string of the molecule is CCn1c(SCC(=O)Nc2ccccc2C(C)(C)C)nnc1-c1ccccc1Cl. The van der Waals surface area contributed by atoms with E-state index >= 15 is 0 Å². The number of thioether (sulfide) groups is 1. The molecule has 0 radical (unpaired) electrons. The van der Waals surface area contributed by atoms with Crippen LogP contribution in [0.3, 0.4) is 0 Å². The van der Waals surface area contributed by atoms with Gasteiger partial charge in [-0.05, 0) is 36.1 Å². The lowest BCUT2D eigenvalue weighted by molar-refractivity contribution is -0.113. The number of benzene rings is 2. The van der Waals surface area contributed by atoms with Gasteiger partial charge in [-0.15, -0.1) is 10.2 Å². The van der Waals surface area contributed by atoms with E-state index in [9.17, 15) is 4.79 Å². The van der Waals surface area contributed by atoms with Gasteiger partial charge in [-0.2, -0.15) is 0 Å². The second kappa shape index (κ2) is 9.01. The number of rotatable bonds is 6. The molecule has 0 bridgehead atoms. The van der Waals surface area contributed by atoms with Crippen molar-refractivity contribution in [2.45, 2.75) is 44.8 Å². The van der Waals surface area contributed by atoms with E-state index in [2.05, 4.69) is 36.3 Å². The molecule has 0 fully saturated rings. The molecule has 5 nitrogen and oxygen atoms in total. The Morgan fingerprint density at radius 2 is 1.79 bits per heavy atom. The highest BCUT2D eigenvalue weighted by atomic mass is 35.5. The second-order valence-corrected chi connectivity index (χ2v) is 9.01. The van der Waals surface area contributed by atoms with Crippen molar-refractivity contribution in [1.29, 1.82) is 0 Å². The standard InChI is InChI=1S/C22H25ClN4OS/c1-5-27-20(15-10-6-8-12-17(15)23)25-26-21(27)29-14-19(28)24-18-13-9-7-11-16(18)22(2,3)4/h6-13H,5,14H2,1-4H3,(H,24,28). The van der Waals surface area contributed by atoms with Gasteiger partial charge in [-0.3, -0.25) is 4.79 Å². The summed E-state index contributed by atoms with van der Waals surface area (Å²) < 4.78 is 1.97. The minimum absolute atomic E-state index is 0.0523. The second-order valence-electron chi connectivity index (χ2n) is 7.66. The van der Waals surface area contributed by atoms with Crippen LogP contribution in [0.25, 0.3) is 11.4 Å². The number of carbonyl (C=O) groups is 1. The van der Waals surface area contributed by atoms with Gasteiger partial charge in [-0.1, -0.05) is 74.5 Å². The lowest BCUT2D eigenvalue weighted by atomic mass is 9.86. The first kappa shape index (κ1) is 21.4. The summed E-state index contributed by atoms with van der Waals surface area (Å²) in [6.07, 6.45) is 0. The maximum Gasteiger partial charge on any atom is 0.234 e. The average Bonchev–Trinajstić information content (AvgIpc) is 3.09. The molecule has 29 heavy (non-hydrogen) atoms. The third-order valence-electron chi connectivity index (χ3n) is 4.49. The highest BCUT2D eigenvalue weighted by Gasteiger charge is 2.20. The largest absolute Gasteiger partial charge is 0.325 e. The summed E-state index contributed by atoms with van der Waals surface area (Å²) in [5.41, 5.74) is 2.73. The van der Waals surface area contributed by atoms with E-state index in [4.69, 9.17) is 11.6 Å². The number of nitrogens with zero attached hydrogens (tertiary/aromatic N) is 3. The minimum Gasteiger partial charge on any atom is -0.325 e. The van der Waals surface area contributed by atoms with E-state index in [1.165, 1.54) is 11.8 Å². The molecule has 0 aliphatic heterocycles. The maximum absolute atomic E-state index is 12.6. The fourth-order valence-corrected chi connectivity index (χ4v) is 4.11. The van der Waals surface area contributed by atoms with Gasteiger partial charge >= 0.3 is 0 Å². The van der Waals surface area contributed by atoms with Crippen molar-refractivity contribution in [1.82, 2.24) is 14.8 Å². The zero-order chi connectivity index (χ0) is 21.0. The van der Waals surface area contributed by atoms with Crippen LogP contribution in [-0.4, -0.2) is 26.4 Å². The number of para-hydroxylation sites is 1. The molecule has 3 rings (SSSR count). The van der Waals surface area contributed by atoms with E-state index in [-0.39, 0.29) is 17.1 Å². The van der Waals surface area contributed by atoms with E-state index in [1.54, 1.807) is 0 Å². The van der Waals surface area contributed by atoms with Crippen LogP contribution in [0.15, 0.2) is 53.7 Å². The summed E-state index contributed by atoms with van der Waals surface area (Å²) in [5.74, 6) is 0.884. The summed E-state index contributed by atoms with van der Waals surface area (Å²) in [5, 5.41) is 12.9. The molecule has 3 aromatic rings. The Bertz CT molecular complexity index is 1010. The van der Waals surface area contributed by atoms with Crippen molar-refractivity contribution in [2.75, 3.05) is 11.1 Å². The van der Waals surface area contributed by atoms with Crippen LogP contribution >= 0.6 is 23.4 Å². The molecule has 0 unspecified atom stereocenters. The molecule has 152 valence electrons. The van der Waals surface area contributed by atoms with Gasteiger partial charge in [0.25, 0.3) is 0 Å². The normalized spacial score (nSPS) is 11.5. The molecule has 2 aromatic carbocycles. The zero-order valence-electron chi connectivity index (χ0n) is 17.1. The third kappa shape index (κ3) is 5.00. The fraction of sp³-hybridized carbons (Fsp3) is 0.318. The molecule has 1 aromatic heterocycles. The molecular weight excluding hydrogens is 404 g/mol. The number of halogens is 1. The monoisotopic (exact) mass is 428 g/mol. The summed E-state index contributed by atoms with van der Waals surface area (Å²) in [7, 11) is 0. The zero-order valence-corrected chi connectivity index (χ0v) is 18.6. The average molecular weight is 429 g/mol. The first-order valence-electron chi connectivity index (χ1n) is 9.51. The third-order valence-corrected chi connectivity index (χ3v) is 5.79. The van der Waals surface area contributed by atoms with Crippen molar-refractivity contribution in [3.05, 3.63) is 59.1 Å². The predicted octanol–water partition coefficient (Wildman–Crippen LogP) is 5.65. The van der Waals surface area contributed by atoms with Crippen LogP contribution in [0.2, 0.25) is 5.02 Å². The number of hydrogen-bond acceptors (Lipinski definition) is 4. The summed E-state index contributed by atoms with van der Waals surface area (Å²) in [6, 6.07) is 15.5. The summed E-state index contributed by atoms with van der Waals surface area (Å²) >= 11 is 7.68. The lowest BCUT2D eigenvalue weighted by Crippen LogP contribution is -2.20. The van der Waals surface area contributed by atoms with Crippen molar-refractivity contribution in [2.24, 2.45) is 0 Å². The van der Waals surface area contributed by atoms with Gasteiger partial charge in [0.05, 0.1) is 10.8 Å². The van der Waals surface area contributed by atoms with E-state index in [0.717, 1.165) is 16.8 Å². The van der Waals surface area contributed by atoms with Gasteiger partial charge < -0.3 is 9.88 Å². The van der Waals surface area contributed by atoms with Gasteiger partial charge in [0, 0.05) is 17.8 Å². The number of hydrogen-bond donors (Lipinski definition) is 1. The first-order chi connectivity index (χ1) is 13.8. The molecule has 1 N–H and O–H groups in total. The Balaban J connectivity index is 1.73. The lowest BCUT2D eigenvalue weighted by Gasteiger charge is -2.22. The Morgan fingerprint density at radius 1 is 1.10 bits per heavy atom. The quantitative estimate of drug-likeness (QED) is 0.515. The van der Waals surface area contributed by atoms with Crippen LogP contribution in [-0.2, 0) is 16.8 Å². The smallest absolute Gasteiger partial charge is 0.234 e. The van der Waals surface area contributed by atoms with E-state index < -0.39 is 0 Å². The predicted molar refractivity (Wildman–Crippen MR) is 121 cm³/mol. The van der Waals surface area contributed by atoms with Gasteiger partial charge in [0.1, 0.15) is 0 Å². The molecular formula is C22H25ClN4OS. The number of amides is 1. The number of aromatic nitrogens is 3. The van der Waals surface area contributed by atoms with Crippen molar-refractivity contribution >= 4 is 35.0 Å². The van der Waals surface area contributed by atoms with Gasteiger partial charge in [0.15, 0.2) is 11.0 Å². The van der Waals surface area contributed by atoms with Crippen molar-refractivity contribution in [3.63, 3.8) is 0 Å². The van der Waals surface area contributed by atoms with E-state index in [1.807, 2.05) is 60.0 Å². The number of carbonyl (C=O) groups excluding carboxylic acids is 1. The Morgan fingerprint density at radius 3 is 2.48 bits per heavy atom. The summed E-state index contributed by atoms with van der Waals surface area (Å²) in [4.78, 5) is 12.6. The number of anilines is 1. The van der Waals surface area contributed by atoms with Crippen LogP contribution < -0.4 is 5.32 Å². The van der Waals surface area contributed by atoms with Crippen molar-refractivity contribution in [3.8, 4) is 11.4 Å². The first-order valence-corrected chi connectivity index (χ1v) is 10.9. The Kier molecular flexibility index (Phi) is 6.65.